The zero-order chi connectivity index (χ0) is 15.6. The fourth-order valence-electron chi connectivity index (χ4n) is 2.18. The maximum absolute atomic E-state index is 10.0. The molecule has 0 spiro atoms. The molecule has 1 saturated heterocycles. The van der Waals surface area contributed by atoms with Gasteiger partial charge in [0.05, 0.1) is 6.61 Å². The van der Waals surface area contributed by atoms with E-state index in [1.165, 1.54) is 0 Å². The summed E-state index contributed by atoms with van der Waals surface area (Å²) < 4.78 is 10.8. The average molecular weight is 300 g/mol. The normalized spacial score (nSPS) is 37.0. The van der Waals surface area contributed by atoms with E-state index >= 15 is 0 Å². The first kappa shape index (κ1) is 16.2. The molecule has 1 unspecified atom stereocenters. The number of aliphatic hydroxyl groups is 5. The molecule has 1 aliphatic rings. The molecule has 7 heteroatoms. The number of aliphatic hydroxyl groups excluding tert-OH is 5. The van der Waals surface area contributed by atoms with E-state index in [-0.39, 0.29) is 0 Å². The number of benzene rings is 1. The summed E-state index contributed by atoms with van der Waals surface area (Å²) in [5.74, 6) is 0.427. The fraction of sp³-hybridized carbons (Fsp3) is 0.571. The van der Waals surface area contributed by atoms with E-state index < -0.39 is 43.4 Å². The van der Waals surface area contributed by atoms with Crippen LogP contribution in [-0.2, 0) is 4.74 Å². The van der Waals surface area contributed by atoms with E-state index in [4.69, 9.17) is 9.47 Å². The van der Waals surface area contributed by atoms with Crippen molar-refractivity contribution >= 4 is 0 Å². The predicted molar refractivity (Wildman–Crippen MR) is 71.6 cm³/mol. The van der Waals surface area contributed by atoms with Gasteiger partial charge in [-0.15, -0.1) is 0 Å². The van der Waals surface area contributed by atoms with Crippen LogP contribution in [0, 0.1) is 6.92 Å². The molecule has 1 fully saturated rings. The lowest BCUT2D eigenvalue weighted by Gasteiger charge is -2.26. The van der Waals surface area contributed by atoms with Gasteiger partial charge in [0.15, 0.2) is 0 Å². The van der Waals surface area contributed by atoms with Gasteiger partial charge in [-0.25, -0.2) is 0 Å². The summed E-state index contributed by atoms with van der Waals surface area (Å²) in [5.41, 5.74) is 0.786. The number of para-hydroxylation sites is 1. The van der Waals surface area contributed by atoms with Crippen LogP contribution >= 0.6 is 0 Å². The van der Waals surface area contributed by atoms with Crippen molar-refractivity contribution in [3.8, 4) is 5.75 Å². The molecule has 0 bridgehead atoms. The van der Waals surface area contributed by atoms with E-state index in [2.05, 4.69) is 0 Å². The lowest BCUT2D eigenvalue weighted by atomic mass is 10.0. The first-order valence-corrected chi connectivity index (χ1v) is 6.66. The Labute approximate surface area is 122 Å². The van der Waals surface area contributed by atoms with Gasteiger partial charge in [0, 0.05) is 0 Å². The number of ether oxygens (including phenoxy) is 2. The number of hydrogen-bond donors (Lipinski definition) is 5. The van der Waals surface area contributed by atoms with Crippen molar-refractivity contribution in [3.63, 3.8) is 0 Å². The zero-order valence-electron chi connectivity index (χ0n) is 11.5. The Bertz CT molecular complexity index is 464. The molecule has 5 N–H and O–H groups in total. The second-order valence-corrected chi connectivity index (χ2v) is 5.07. The predicted octanol–water partition coefficient (Wildman–Crippen LogP) is -1.47. The number of rotatable bonds is 3. The lowest BCUT2D eigenvalue weighted by Crippen LogP contribution is -2.48. The van der Waals surface area contributed by atoms with Crippen molar-refractivity contribution in [2.24, 2.45) is 0 Å². The van der Waals surface area contributed by atoms with Crippen LogP contribution in [0.2, 0.25) is 0 Å². The van der Waals surface area contributed by atoms with E-state index in [0.717, 1.165) is 5.56 Å². The molecule has 1 heterocycles. The summed E-state index contributed by atoms with van der Waals surface area (Å²) in [6, 6.07) is 6.99. The zero-order valence-corrected chi connectivity index (χ0v) is 11.5. The maximum Gasteiger partial charge on any atom is 0.229 e. The fourth-order valence-corrected chi connectivity index (χ4v) is 2.18. The van der Waals surface area contributed by atoms with Crippen molar-refractivity contribution in [2.75, 3.05) is 6.61 Å². The van der Waals surface area contributed by atoms with E-state index in [1.807, 2.05) is 6.07 Å². The maximum atomic E-state index is 10.0. The highest BCUT2D eigenvalue weighted by molar-refractivity contribution is 5.31. The number of hydrogen-bond acceptors (Lipinski definition) is 7. The molecule has 0 aromatic heterocycles. The summed E-state index contributed by atoms with van der Waals surface area (Å²) >= 11 is 0. The van der Waals surface area contributed by atoms with Crippen LogP contribution < -0.4 is 4.74 Å². The molecular weight excluding hydrogens is 280 g/mol. The van der Waals surface area contributed by atoms with Crippen LogP contribution in [0.25, 0.3) is 0 Å². The standard InChI is InChI=1S/C14H20O7/c1-7-4-2-3-5-8(7)20-14-13(19)12(18)11(17)10(16)9(6-15)21-14/h2-5,9-19H,6H2,1H3/t9-,10-,11+,12?,13+,14-/m1/s1. The molecule has 0 saturated carbocycles. The highest BCUT2D eigenvalue weighted by atomic mass is 16.7. The van der Waals surface area contributed by atoms with Crippen molar-refractivity contribution < 1.29 is 35.0 Å². The minimum Gasteiger partial charge on any atom is -0.462 e. The minimum atomic E-state index is -1.66. The SMILES string of the molecule is Cc1ccccc1O[C@@H]1O[C@H](CO)[C@@H](O)[C@H](O)C(O)[C@@H]1O. The quantitative estimate of drug-likeness (QED) is 0.462. The van der Waals surface area contributed by atoms with Gasteiger partial charge in [-0.2, -0.15) is 0 Å². The van der Waals surface area contributed by atoms with Crippen molar-refractivity contribution in [1.29, 1.82) is 0 Å². The molecule has 0 aliphatic carbocycles. The van der Waals surface area contributed by atoms with Gasteiger partial charge in [-0.1, -0.05) is 18.2 Å². The van der Waals surface area contributed by atoms with Crippen LogP contribution in [0.5, 0.6) is 5.75 Å². The molecular formula is C14H20O7. The Balaban J connectivity index is 2.22. The van der Waals surface area contributed by atoms with Gasteiger partial charge in [-0.05, 0) is 18.6 Å². The smallest absolute Gasteiger partial charge is 0.229 e. The highest BCUT2D eigenvalue weighted by Gasteiger charge is 2.45. The number of aryl methyl sites for hydroxylation is 1. The molecule has 21 heavy (non-hydrogen) atoms. The highest BCUT2D eigenvalue weighted by Crippen LogP contribution is 2.25. The van der Waals surface area contributed by atoms with E-state index in [0.29, 0.717) is 5.75 Å². The lowest BCUT2D eigenvalue weighted by molar-refractivity contribution is -0.195. The van der Waals surface area contributed by atoms with Gasteiger partial charge in [0.2, 0.25) is 6.29 Å². The molecule has 1 aliphatic heterocycles. The first-order chi connectivity index (χ1) is 9.95. The molecule has 6 atom stereocenters. The Morgan fingerprint density at radius 2 is 1.62 bits per heavy atom. The molecule has 118 valence electrons. The molecule has 2 rings (SSSR count). The van der Waals surface area contributed by atoms with E-state index in [9.17, 15) is 25.5 Å². The summed E-state index contributed by atoms with van der Waals surface area (Å²) in [5, 5.41) is 48.6. The minimum absolute atomic E-state index is 0.427. The Morgan fingerprint density at radius 3 is 2.24 bits per heavy atom. The molecule has 1 aromatic rings. The molecule has 0 amide bonds. The second kappa shape index (κ2) is 6.69. The molecule has 0 radical (unpaired) electrons. The summed E-state index contributed by atoms with van der Waals surface area (Å²) in [7, 11) is 0. The van der Waals surface area contributed by atoms with Gasteiger partial charge in [0.25, 0.3) is 0 Å². The van der Waals surface area contributed by atoms with Crippen LogP contribution in [0.15, 0.2) is 24.3 Å². The Morgan fingerprint density at radius 1 is 1.00 bits per heavy atom. The second-order valence-electron chi connectivity index (χ2n) is 5.07. The first-order valence-electron chi connectivity index (χ1n) is 6.66. The van der Waals surface area contributed by atoms with Crippen LogP contribution in [0.3, 0.4) is 0 Å². The summed E-state index contributed by atoms with van der Waals surface area (Å²) in [6.45, 7) is 1.20. The summed E-state index contributed by atoms with van der Waals surface area (Å²) in [6.07, 6.45) is -8.94. The monoisotopic (exact) mass is 300 g/mol. The van der Waals surface area contributed by atoms with Crippen LogP contribution in [0.4, 0.5) is 0 Å². The molecule has 1 aromatic carbocycles. The molecule has 7 nitrogen and oxygen atoms in total. The van der Waals surface area contributed by atoms with Crippen LogP contribution in [-0.4, -0.2) is 68.9 Å². The van der Waals surface area contributed by atoms with Gasteiger partial charge < -0.3 is 35.0 Å². The Kier molecular flexibility index (Phi) is 5.15. The van der Waals surface area contributed by atoms with Crippen molar-refractivity contribution in [2.45, 2.75) is 43.7 Å². The van der Waals surface area contributed by atoms with Crippen molar-refractivity contribution in [3.05, 3.63) is 29.8 Å². The van der Waals surface area contributed by atoms with Crippen molar-refractivity contribution in [1.82, 2.24) is 0 Å². The third-order valence-electron chi connectivity index (χ3n) is 3.54. The van der Waals surface area contributed by atoms with E-state index in [1.54, 1.807) is 25.1 Å². The average Bonchev–Trinajstić information content (AvgIpc) is 2.56. The topological polar surface area (TPSA) is 120 Å². The Hall–Kier alpha value is -1.22. The van der Waals surface area contributed by atoms with Gasteiger partial charge >= 0.3 is 0 Å². The third-order valence-corrected chi connectivity index (χ3v) is 3.54. The van der Waals surface area contributed by atoms with Crippen LogP contribution in [0.1, 0.15) is 5.56 Å². The van der Waals surface area contributed by atoms with Gasteiger partial charge in [0.1, 0.15) is 36.3 Å². The largest absolute Gasteiger partial charge is 0.462 e. The van der Waals surface area contributed by atoms with Gasteiger partial charge in [-0.3, -0.25) is 0 Å². The third kappa shape index (κ3) is 3.34. The summed E-state index contributed by atoms with van der Waals surface area (Å²) in [4.78, 5) is 0.